The van der Waals surface area contributed by atoms with E-state index in [1.54, 1.807) is 6.34 Å². The van der Waals surface area contributed by atoms with Crippen molar-refractivity contribution in [2.75, 3.05) is 13.1 Å². The van der Waals surface area contributed by atoms with Crippen molar-refractivity contribution in [2.45, 2.75) is 0 Å². The standard InChI is InChI=1S/C4H6N2O/c7-4-6-2-1-5-3-6/h3-4H,1-2H2. The number of nitrogens with zero attached hydrogens (tertiary/aromatic N) is 2. The molecule has 0 saturated heterocycles. The summed E-state index contributed by atoms with van der Waals surface area (Å²) in [6.07, 6.45) is 2.32. The van der Waals surface area contributed by atoms with Crippen molar-refractivity contribution in [3.05, 3.63) is 0 Å². The smallest absolute Gasteiger partial charge is 0.214 e. The van der Waals surface area contributed by atoms with Gasteiger partial charge >= 0.3 is 0 Å². The largest absolute Gasteiger partial charge is 0.304 e. The number of rotatable bonds is 1. The summed E-state index contributed by atoms with van der Waals surface area (Å²) in [5.74, 6) is 0. The van der Waals surface area contributed by atoms with Gasteiger partial charge in [0.05, 0.1) is 12.9 Å². The normalized spacial score (nSPS) is 18.0. The van der Waals surface area contributed by atoms with Crippen LogP contribution in [-0.2, 0) is 4.79 Å². The van der Waals surface area contributed by atoms with Crippen LogP contribution < -0.4 is 0 Å². The molecule has 1 rings (SSSR count). The summed E-state index contributed by atoms with van der Waals surface area (Å²) in [7, 11) is 0. The highest BCUT2D eigenvalue weighted by molar-refractivity contribution is 5.73. The minimum Gasteiger partial charge on any atom is -0.304 e. The van der Waals surface area contributed by atoms with Crippen LogP contribution in [0.25, 0.3) is 0 Å². The van der Waals surface area contributed by atoms with Gasteiger partial charge in [-0.05, 0) is 0 Å². The molecule has 0 radical (unpaired) electrons. The highest BCUT2D eigenvalue weighted by atomic mass is 16.1. The van der Waals surface area contributed by atoms with E-state index in [2.05, 4.69) is 4.99 Å². The third-order valence-electron chi connectivity index (χ3n) is 0.853. The number of amides is 1. The number of hydrogen-bond donors (Lipinski definition) is 0. The number of carbonyl (C=O) groups is 1. The minimum absolute atomic E-state index is 0.753. The van der Waals surface area contributed by atoms with E-state index >= 15 is 0 Å². The Balaban J connectivity index is 2.42. The van der Waals surface area contributed by atoms with Crippen LogP contribution in [0.15, 0.2) is 4.99 Å². The first kappa shape index (κ1) is 4.30. The van der Waals surface area contributed by atoms with Crippen LogP contribution in [-0.4, -0.2) is 30.7 Å². The second-order valence-electron chi connectivity index (χ2n) is 1.36. The van der Waals surface area contributed by atoms with Crippen molar-refractivity contribution < 1.29 is 4.79 Å². The van der Waals surface area contributed by atoms with E-state index in [1.807, 2.05) is 0 Å². The summed E-state index contributed by atoms with van der Waals surface area (Å²) in [5, 5.41) is 0. The third kappa shape index (κ3) is 0.765. The first-order valence-corrected chi connectivity index (χ1v) is 2.14. The molecular formula is C4H6N2O. The van der Waals surface area contributed by atoms with E-state index < -0.39 is 0 Å². The molecule has 38 valence electrons. The average molecular weight is 98.1 g/mol. The zero-order valence-corrected chi connectivity index (χ0v) is 3.87. The van der Waals surface area contributed by atoms with Gasteiger partial charge in [-0.1, -0.05) is 0 Å². The molecule has 0 aromatic carbocycles. The van der Waals surface area contributed by atoms with Crippen molar-refractivity contribution in [3.8, 4) is 0 Å². The van der Waals surface area contributed by atoms with Crippen molar-refractivity contribution in [1.82, 2.24) is 4.90 Å². The first-order chi connectivity index (χ1) is 3.43. The van der Waals surface area contributed by atoms with E-state index in [-0.39, 0.29) is 0 Å². The van der Waals surface area contributed by atoms with Gasteiger partial charge in [0, 0.05) is 6.54 Å². The van der Waals surface area contributed by atoms with Gasteiger partial charge in [0.1, 0.15) is 0 Å². The fraction of sp³-hybridized carbons (Fsp3) is 0.500. The monoisotopic (exact) mass is 98.0 g/mol. The Kier molecular flexibility index (Phi) is 1.06. The molecule has 0 aliphatic carbocycles. The predicted octanol–water partition coefficient (Wildman–Crippen LogP) is -0.513. The Hall–Kier alpha value is -0.860. The topological polar surface area (TPSA) is 32.7 Å². The van der Waals surface area contributed by atoms with Gasteiger partial charge in [-0.25, -0.2) is 0 Å². The lowest BCUT2D eigenvalue weighted by Crippen LogP contribution is -2.16. The van der Waals surface area contributed by atoms with Gasteiger partial charge in [-0.2, -0.15) is 0 Å². The molecule has 0 saturated carbocycles. The Morgan fingerprint density at radius 2 is 2.71 bits per heavy atom. The lowest BCUT2D eigenvalue weighted by molar-refractivity contribution is -0.114. The van der Waals surface area contributed by atoms with E-state index in [0.29, 0.717) is 0 Å². The highest BCUT2D eigenvalue weighted by Crippen LogP contribution is 1.85. The van der Waals surface area contributed by atoms with Gasteiger partial charge in [-0.15, -0.1) is 0 Å². The van der Waals surface area contributed by atoms with Gasteiger partial charge in [0.2, 0.25) is 6.41 Å². The molecule has 0 aromatic heterocycles. The van der Waals surface area contributed by atoms with Crippen molar-refractivity contribution >= 4 is 12.7 Å². The predicted molar refractivity (Wildman–Crippen MR) is 26.1 cm³/mol. The Morgan fingerprint density at radius 1 is 1.86 bits per heavy atom. The SMILES string of the molecule is O=CN1C=NCC1. The Bertz CT molecular complexity index is 99.9. The zero-order valence-electron chi connectivity index (χ0n) is 3.87. The fourth-order valence-corrected chi connectivity index (χ4v) is 0.473. The van der Waals surface area contributed by atoms with Crippen LogP contribution >= 0.6 is 0 Å². The van der Waals surface area contributed by atoms with Crippen LogP contribution in [0.2, 0.25) is 0 Å². The summed E-state index contributed by atoms with van der Waals surface area (Å²) in [6, 6.07) is 0. The average Bonchev–Trinajstić information content (AvgIpc) is 2.14. The molecular weight excluding hydrogens is 92.1 g/mol. The van der Waals surface area contributed by atoms with Crippen molar-refractivity contribution in [2.24, 2.45) is 4.99 Å². The molecule has 0 fully saturated rings. The molecule has 7 heavy (non-hydrogen) atoms. The number of carbonyl (C=O) groups excluding carboxylic acids is 1. The van der Waals surface area contributed by atoms with Gasteiger partial charge < -0.3 is 4.90 Å². The molecule has 1 aliphatic rings. The maximum Gasteiger partial charge on any atom is 0.214 e. The molecule has 3 heteroatoms. The maximum absolute atomic E-state index is 9.84. The van der Waals surface area contributed by atoms with Crippen LogP contribution in [0.5, 0.6) is 0 Å². The molecule has 0 spiro atoms. The minimum atomic E-state index is 0.753. The molecule has 3 nitrogen and oxygen atoms in total. The van der Waals surface area contributed by atoms with E-state index in [0.717, 1.165) is 19.5 Å². The molecule has 1 amide bonds. The maximum atomic E-state index is 9.84. The second-order valence-corrected chi connectivity index (χ2v) is 1.36. The molecule has 1 aliphatic heterocycles. The summed E-state index contributed by atoms with van der Waals surface area (Å²) in [5.41, 5.74) is 0. The van der Waals surface area contributed by atoms with E-state index in [4.69, 9.17) is 0 Å². The summed E-state index contributed by atoms with van der Waals surface area (Å²) >= 11 is 0. The van der Waals surface area contributed by atoms with Gasteiger partial charge in [-0.3, -0.25) is 9.79 Å². The van der Waals surface area contributed by atoms with Crippen LogP contribution in [0, 0.1) is 0 Å². The summed E-state index contributed by atoms with van der Waals surface area (Å²) in [4.78, 5) is 15.2. The van der Waals surface area contributed by atoms with Gasteiger partial charge in [0.15, 0.2) is 0 Å². The first-order valence-electron chi connectivity index (χ1n) is 2.14. The molecule has 0 atom stereocenters. The van der Waals surface area contributed by atoms with E-state index in [1.165, 1.54) is 4.90 Å². The molecule has 0 bridgehead atoms. The van der Waals surface area contributed by atoms with Crippen LogP contribution in [0.1, 0.15) is 0 Å². The van der Waals surface area contributed by atoms with Crippen molar-refractivity contribution in [3.63, 3.8) is 0 Å². The fourth-order valence-electron chi connectivity index (χ4n) is 0.473. The van der Waals surface area contributed by atoms with Crippen molar-refractivity contribution in [1.29, 1.82) is 0 Å². The third-order valence-corrected chi connectivity index (χ3v) is 0.853. The number of aliphatic imine (C=N–C) groups is 1. The Morgan fingerprint density at radius 3 is 3.00 bits per heavy atom. The second kappa shape index (κ2) is 1.73. The lowest BCUT2D eigenvalue weighted by Gasteiger charge is -1.97. The summed E-state index contributed by atoms with van der Waals surface area (Å²) in [6.45, 7) is 1.52. The van der Waals surface area contributed by atoms with Gasteiger partial charge in [0.25, 0.3) is 0 Å². The van der Waals surface area contributed by atoms with E-state index in [9.17, 15) is 4.79 Å². The molecule has 1 heterocycles. The molecule has 0 unspecified atom stereocenters. The number of hydrogen-bond acceptors (Lipinski definition) is 2. The molecule has 0 N–H and O–H groups in total. The highest BCUT2D eigenvalue weighted by Gasteiger charge is 1.99. The Labute approximate surface area is 41.6 Å². The zero-order chi connectivity index (χ0) is 5.11. The van der Waals surface area contributed by atoms with Crippen LogP contribution in [0.4, 0.5) is 0 Å². The quantitative estimate of drug-likeness (QED) is 0.406. The summed E-state index contributed by atoms with van der Waals surface area (Å²) < 4.78 is 0. The molecule has 0 aromatic rings. The van der Waals surface area contributed by atoms with Crippen LogP contribution in [0.3, 0.4) is 0 Å². The lowest BCUT2D eigenvalue weighted by atomic mass is 10.6.